The average Bonchev–Trinajstić information content (AvgIpc) is 2.15. The van der Waals surface area contributed by atoms with E-state index in [1.165, 1.54) is 0 Å². The molecule has 1 amide bonds. The van der Waals surface area contributed by atoms with Crippen molar-refractivity contribution in [2.75, 3.05) is 11.4 Å². The molecular weight excluding hydrogens is 293 g/mol. The molecular formula is C10H8INO2. The van der Waals surface area contributed by atoms with Gasteiger partial charge < -0.3 is 5.11 Å². The van der Waals surface area contributed by atoms with Crippen LogP contribution in [0.3, 0.4) is 0 Å². The largest absolute Gasteiger partial charge is 0.465 e. The number of hydrogen-bond acceptors (Lipinski definition) is 1. The van der Waals surface area contributed by atoms with Gasteiger partial charge >= 0.3 is 6.09 Å². The second-order valence-electron chi connectivity index (χ2n) is 2.52. The number of hydrogen-bond donors (Lipinski definition) is 1. The van der Waals surface area contributed by atoms with Crippen molar-refractivity contribution in [1.82, 2.24) is 0 Å². The third kappa shape index (κ3) is 2.39. The summed E-state index contributed by atoms with van der Waals surface area (Å²) < 4.78 is 0.864. The summed E-state index contributed by atoms with van der Waals surface area (Å²) in [6.07, 6.45) is 4.06. The lowest BCUT2D eigenvalue weighted by atomic mass is 10.3. The molecule has 3 nitrogen and oxygen atoms in total. The van der Waals surface area contributed by atoms with E-state index in [0.29, 0.717) is 5.69 Å². The minimum Gasteiger partial charge on any atom is -0.465 e. The van der Waals surface area contributed by atoms with Crippen molar-refractivity contribution in [2.45, 2.75) is 0 Å². The Morgan fingerprint density at radius 3 is 2.71 bits per heavy atom. The van der Waals surface area contributed by atoms with Gasteiger partial charge in [-0.25, -0.2) is 4.79 Å². The van der Waals surface area contributed by atoms with Crippen LogP contribution in [0.15, 0.2) is 24.3 Å². The Morgan fingerprint density at radius 1 is 1.57 bits per heavy atom. The van der Waals surface area contributed by atoms with Gasteiger partial charge in [0.05, 0.1) is 12.2 Å². The summed E-state index contributed by atoms with van der Waals surface area (Å²) in [6, 6.07) is 7.20. The molecule has 0 saturated heterocycles. The van der Waals surface area contributed by atoms with Crippen molar-refractivity contribution in [3.63, 3.8) is 0 Å². The quantitative estimate of drug-likeness (QED) is 0.673. The molecule has 1 rings (SSSR count). The highest BCUT2D eigenvalue weighted by atomic mass is 127. The molecule has 1 N–H and O–H groups in total. The van der Waals surface area contributed by atoms with Gasteiger partial charge in [-0.15, -0.1) is 6.42 Å². The van der Waals surface area contributed by atoms with Gasteiger partial charge in [0.25, 0.3) is 0 Å². The molecule has 0 unspecified atom stereocenters. The molecule has 0 radical (unpaired) electrons. The molecule has 1 aromatic rings. The van der Waals surface area contributed by atoms with Crippen LogP contribution < -0.4 is 4.90 Å². The Morgan fingerprint density at radius 2 is 2.21 bits per heavy atom. The number of halogens is 1. The Hall–Kier alpha value is -1.22. The molecule has 0 aliphatic heterocycles. The Kier molecular flexibility index (Phi) is 3.77. The highest BCUT2D eigenvalue weighted by molar-refractivity contribution is 14.1. The van der Waals surface area contributed by atoms with Gasteiger partial charge in [-0.2, -0.15) is 0 Å². The number of benzene rings is 1. The molecule has 0 heterocycles. The minimum absolute atomic E-state index is 0.0648. The maximum atomic E-state index is 10.9. The van der Waals surface area contributed by atoms with Crippen molar-refractivity contribution in [3.05, 3.63) is 27.8 Å². The van der Waals surface area contributed by atoms with Crippen LogP contribution in [0.1, 0.15) is 0 Å². The number of para-hydroxylation sites is 1. The van der Waals surface area contributed by atoms with Gasteiger partial charge in [-0.1, -0.05) is 18.1 Å². The summed E-state index contributed by atoms with van der Waals surface area (Å²) in [7, 11) is 0. The molecule has 0 bridgehead atoms. The summed E-state index contributed by atoms with van der Waals surface area (Å²) in [4.78, 5) is 12.0. The molecule has 0 saturated carbocycles. The predicted molar refractivity (Wildman–Crippen MR) is 63.4 cm³/mol. The maximum absolute atomic E-state index is 10.9. The standard InChI is InChI=1S/C10H8INO2/c1-2-7-12(10(13)14)9-6-4-3-5-8(9)11/h1,3-6H,7H2,(H,13,14). The van der Waals surface area contributed by atoms with Crippen LogP contribution in [0.4, 0.5) is 10.5 Å². The van der Waals surface area contributed by atoms with Crippen molar-refractivity contribution < 1.29 is 9.90 Å². The molecule has 0 aliphatic carbocycles. The van der Waals surface area contributed by atoms with E-state index in [1.54, 1.807) is 12.1 Å². The zero-order valence-electron chi connectivity index (χ0n) is 7.27. The molecule has 14 heavy (non-hydrogen) atoms. The third-order valence-corrected chi connectivity index (χ3v) is 2.54. The zero-order valence-corrected chi connectivity index (χ0v) is 9.43. The van der Waals surface area contributed by atoms with Crippen LogP contribution in [-0.2, 0) is 0 Å². The monoisotopic (exact) mass is 301 g/mol. The van der Waals surface area contributed by atoms with Crippen LogP contribution in [0, 0.1) is 15.9 Å². The van der Waals surface area contributed by atoms with Crippen LogP contribution in [0.25, 0.3) is 0 Å². The van der Waals surface area contributed by atoms with E-state index in [4.69, 9.17) is 11.5 Å². The lowest BCUT2D eigenvalue weighted by Gasteiger charge is -2.17. The highest BCUT2D eigenvalue weighted by Crippen LogP contribution is 2.21. The topological polar surface area (TPSA) is 40.5 Å². The lowest BCUT2D eigenvalue weighted by molar-refractivity contribution is 0.202. The van der Waals surface area contributed by atoms with E-state index < -0.39 is 6.09 Å². The van der Waals surface area contributed by atoms with Crippen LogP contribution >= 0.6 is 22.6 Å². The molecule has 72 valence electrons. The van der Waals surface area contributed by atoms with Crippen molar-refractivity contribution in [3.8, 4) is 12.3 Å². The maximum Gasteiger partial charge on any atom is 0.412 e. The van der Waals surface area contributed by atoms with E-state index in [-0.39, 0.29) is 6.54 Å². The zero-order chi connectivity index (χ0) is 10.6. The van der Waals surface area contributed by atoms with Crippen LogP contribution in [0.2, 0.25) is 0 Å². The second-order valence-corrected chi connectivity index (χ2v) is 3.69. The van der Waals surface area contributed by atoms with Crippen molar-refractivity contribution in [1.29, 1.82) is 0 Å². The first-order chi connectivity index (χ1) is 6.66. The first kappa shape index (κ1) is 10.9. The number of anilines is 1. The fourth-order valence-corrected chi connectivity index (χ4v) is 1.70. The number of carbonyl (C=O) groups is 1. The van der Waals surface area contributed by atoms with Crippen molar-refractivity contribution >= 4 is 34.4 Å². The fourth-order valence-electron chi connectivity index (χ4n) is 1.02. The molecule has 0 fully saturated rings. The summed E-state index contributed by atoms with van der Waals surface area (Å²) >= 11 is 2.08. The Balaban J connectivity index is 3.06. The van der Waals surface area contributed by atoms with Gasteiger partial charge in [0, 0.05) is 3.57 Å². The number of terminal acetylenes is 1. The second kappa shape index (κ2) is 4.86. The molecule has 0 spiro atoms. The fraction of sp³-hybridized carbons (Fsp3) is 0.100. The van der Waals surface area contributed by atoms with Gasteiger partial charge in [0.15, 0.2) is 0 Å². The summed E-state index contributed by atoms with van der Waals surface area (Å²) in [6.45, 7) is 0.0648. The van der Waals surface area contributed by atoms with E-state index in [0.717, 1.165) is 8.47 Å². The van der Waals surface area contributed by atoms with Crippen LogP contribution in [0.5, 0.6) is 0 Å². The Labute approximate surface area is 95.9 Å². The van der Waals surface area contributed by atoms with Crippen LogP contribution in [-0.4, -0.2) is 17.7 Å². The number of rotatable bonds is 2. The number of amides is 1. The first-order valence-electron chi connectivity index (χ1n) is 3.85. The summed E-state index contributed by atoms with van der Waals surface area (Å²) in [5.74, 6) is 2.32. The normalized spacial score (nSPS) is 9.14. The smallest absolute Gasteiger partial charge is 0.412 e. The lowest BCUT2D eigenvalue weighted by Crippen LogP contribution is -2.30. The molecule has 4 heteroatoms. The van der Waals surface area contributed by atoms with E-state index in [2.05, 4.69) is 28.5 Å². The van der Waals surface area contributed by atoms with Gasteiger partial charge in [-0.05, 0) is 34.7 Å². The number of carboxylic acid groups (broad SMARTS) is 1. The van der Waals surface area contributed by atoms with Gasteiger partial charge in [-0.3, -0.25) is 4.90 Å². The molecule has 0 aliphatic rings. The number of nitrogens with zero attached hydrogens (tertiary/aromatic N) is 1. The average molecular weight is 301 g/mol. The van der Waals surface area contributed by atoms with E-state index >= 15 is 0 Å². The molecule has 0 aromatic heterocycles. The molecule has 1 aromatic carbocycles. The van der Waals surface area contributed by atoms with Gasteiger partial charge in [0.2, 0.25) is 0 Å². The van der Waals surface area contributed by atoms with Crippen molar-refractivity contribution in [2.24, 2.45) is 0 Å². The minimum atomic E-state index is -1.04. The third-order valence-electron chi connectivity index (χ3n) is 1.62. The summed E-state index contributed by atoms with van der Waals surface area (Å²) in [5, 5.41) is 8.91. The van der Waals surface area contributed by atoms with E-state index in [1.807, 2.05) is 12.1 Å². The Bertz CT molecular complexity index is 384. The highest BCUT2D eigenvalue weighted by Gasteiger charge is 2.14. The first-order valence-corrected chi connectivity index (χ1v) is 4.93. The predicted octanol–water partition coefficient (Wildman–Crippen LogP) is 2.41. The molecule has 0 atom stereocenters. The van der Waals surface area contributed by atoms with E-state index in [9.17, 15) is 4.79 Å². The summed E-state index contributed by atoms with van der Waals surface area (Å²) in [5.41, 5.74) is 0.624. The van der Waals surface area contributed by atoms with Gasteiger partial charge in [0.1, 0.15) is 0 Å². The SMILES string of the molecule is C#CCN(C(=O)O)c1ccccc1I.